The molecule has 0 fully saturated rings. The predicted molar refractivity (Wildman–Crippen MR) is 53.5 cm³/mol. The summed E-state index contributed by atoms with van der Waals surface area (Å²) in [6, 6.07) is 1.09. The Morgan fingerprint density at radius 1 is 1.21 bits per heavy atom. The van der Waals surface area contributed by atoms with Crippen molar-refractivity contribution in [3.63, 3.8) is 0 Å². The third kappa shape index (κ3) is 4.11. The van der Waals surface area contributed by atoms with Gasteiger partial charge in [0.2, 0.25) is 10.0 Å². The molecule has 10 heteroatoms. The highest BCUT2D eigenvalue weighted by Gasteiger charge is 2.31. The smallest absolute Gasteiger partial charge is 0.392 e. The van der Waals surface area contributed by atoms with Crippen molar-refractivity contribution in [2.45, 2.75) is 17.7 Å². The SMILES string of the molecule is O=S(=O)(NCC(F)(F)F)c1cc(CO)cc(F)c1F. The number of nitrogens with one attached hydrogen (secondary N) is 1. The first kappa shape index (κ1) is 15.8. The van der Waals surface area contributed by atoms with Crippen molar-refractivity contribution in [2.24, 2.45) is 0 Å². The van der Waals surface area contributed by atoms with E-state index in [4.69, 9.17) is 5.11 Å². The molecule has 0 heterocycles. The summed E-state index contributed by atoms with van der Waals surface area (Å²) in [5, 5.41) is 8.72. The second-order valence-electron chi connectivity index (χ2n) is 3.49. The van der Waals surface area contributed by atoms with Gasteiger partial charge in [-0.15, -0.1) is 0 Å². The van der Waals surface area contributed by atoms with Gasteiger partial charge in [-0.3, -0.25) is 0 Å². The Labute approximate surface area is 104 Å². The third-order valence-electron chi connectivity index (χ3n) is 1.99. The van der Waals surface area contributed by atoms with Crippen LogP contribution in [0, 0.1) is 11.6 Å². The van der Waals surface area contributed by atoms with Crippen LogP contribution in [0.15, 0.2) is 17.0 Å². The first-order chi connectivity index (χ1) is 8.57. The van der Waals surface area contributed by atoms with E-state index in [2.05, 4.69) is 0 Å². The van der Waals surface area contributed by atoms with Crippen molar-refractivity contribution in [1.82, 2.24) is 4.72 Å². The Hall–Kier alpha value is -1.26. The van der Waals surface area contributed by atoms with Gasteiger partial charge in [0.05, 0.1) is 6.61 Å². The molecule has 0 aliphatic heterocycles. The zero-order valence-electron chi connectivity index (χ0n) is 9.13. The molecule has 1 aromatic carbocycles. The summed E-state index contributed by atoms with van der Waals surface area (Å²) >= 11 is 0. The molecule has 19 heavy (non-hydrogen) atoms. The van der Waals surface area contributed by atoms with Crippen molar-refractivity contribution in [2.75, 3.05) is 6.54 Å². The van der Waals surface area contributed by atoms with Crippen LogP contribution in [0.5, 0.6) is 0 Å². The van der Waals surface area contributed by atoms with Crippen molar-refractivity contribution in [3.05, 3.63) is 29.3 Å². The second-order valence-corrected chi connectivity index (χ2v) is 5.22. The molecule has 108 valence electrons. The molecule has 0 unspecified atom stereocenters. The molecule has 0 radical (unpaired) electrons. The highest BCUT2D eigenvalue weighted by molar-refractivity contribution is 7.89. The van der Waals surface area contributed by atoms with Gasteiger partial charge in [-0.2, -0.15) is 13.2 Å². The van der Waals surface area contributed by atoms with E-state index in [1.165, 1.54) is 0 Å². The van der Waals surface area contributed by atoms with Gasteiger partial charge in [0.25, 0.3) is 0 Å². The molecule has 0 bridgehead atoms. The van der Waals surface area contributed by atoms with Crippen molar-refractivity contribution >= 4 is 10.0 Å². The van der Waals surface area contributed by atoms with Gasteiger partial charge in [-0.1, -0.05) is 0 Å². The molecule has 2 N–H and O–H groups in total. The summed E-state index contributed by atoms with van der Waals surface area (Å²) in [5.41, 5.74) is -0.286. The lowest BCUT2D eigenvalue weighted by Crippen LogP contribution is -2.34. The van der Waals surface area contributed by atoms with Crippen LogP contribution < -0.4 is 4.72 Å². The molecule has 1 rings (SSSR count). The molecule has 0 aliphatic carbocycles. The number of aliphatic hydroxyl groups is 1. The van der Waals surface area contributed by atoms with Crippen LogP contribution in [0.3, 0.4) is 0 Å². The minimum atomic E-state index is -4.88. The molecule has 0 aliphatic rings. The monoisotopic (exact) mass is 305 g/mol. The van der Waals surface area contributed by atoms with Crippen molar-refractivity contribution in [3.8, 4) is 0 Å². The van der Waals surface area contributed by atoms with E-state index in [9.17, 15) is 30.4 Å². The summed E-state index contributed by atoms with van der Waals surface area (Å²) < 4.78 is 85.9. The zero-order chi connectivity index (χ0) is 14.8. The Morgan fingerprint density at radius 2 is 1.79 bits per heavy atom. The van der Waals surface area contributed by atoms with E-state index in [0.717, 1.165) is 4.72 Å². The lowest BCUT2D eigenvalue weighted by atomic mass is 10.2. The minimum absolute atomic E-state index is 0.286. The summed E-state index contributed by atoms with van der Waals surface area (Å²) in [7, 11) is -4.88. The topological polar surface area (TPSA) is 66.4 Å². The molecular weight excluding hydrogens is 297 g/mol. The van der Waals surface area contributed by atoms with Gasteiger partial charge in [0.15, 0.2) is 11.6 Å². The first-order valence-electron chi connectivity index (χ1n) is 4.72. The number of hydrogen-bond acceptors (Lipinski definition) is 3. The van der Waals surface area contributed by atoms with E-state index in [1.54, 1.807) is 0 Å². The summed E-state index contributed by atoms with van der Waals surface area (Å²) in [6.45, 7) is -2.71. The van der Waals surface area contributed by atoms with Crippen LogP contribution in [0.2, 0.25) is 0 Å². The van der Waals surface area contributed by atoms with Crippen LogP contribution >= 0.6 is 0 Å². The summed E-state index contributed by atoms with van der Waals surface area (Å²) in [4.78, 5) is -1.29. The molecule has 1 aromatic rings. The summed E-state index contributed by atoms with van der Waals surface area (Å²) in [6.07, 6.45) is -4.84. The van der Waals surface area contributed by atoms with E-state index in [0.29, 0.717) is 12.1 Å². The molecule has 0 saturated carbocycles. The Kier molecular flexibility index (Phi) is 4.48. The fraction of sp³-hybridized carbons (Fsp3) is 0.333. The normalized spacial score (nSPS) is 12.7. The number of sulfonamides is 1. The van der Waals surface area contributed by atoms with Gasteiger partial charge in [0, 0.05) is 0 Å². The highest BCUT2D eigenvalue weighted by atomic mass is 32.2. The molecule has 0 saturated heterocycles. The van der Waals surface area contributed by atoms with E-state index >= 15 is 0 Å². The van der Waals surface area contributed by atoms with Crippen LogP contribution in [-0.4, -0.2) is 26.2 Å². The predicted octanol–water partition coefficient (Wildman–Crippen LogP) is 1.30. The number of hydrogen-bond donors (Lipinski definition) is 2. The Bertz CT molecular complexity index is 570. The van der Waals surface area contributed by atoms with Gasteiger partial charge in [0.1, 0.15) is 11.4 Å². The average molecular weight is 305 g/mol. The van der Waals surface area contributed by atoms with Gasteiger partial charge < -0.3 is 5.11 Å². The maximum atomic E-state index is 13.3. The summed E-state index contributed by atoms with van der Waals surface area (Å²) in [5.74, 6) is -3.40. The van der Waals surface area contributed by atoms with Gasteiger partial charge in [-0.05, 0) is 17.7 Å². The average Bonchev–Trinajstić information content (AvgIpc) is 2.29. The fourth-order valence-corrected chi connectivity index (χ4v) is 2.31. The number of rotatable bonds is 4. The Morgan fingerprint density at radius 3 is 2.26 bits per heavy atom. The number of benzene rings is 1. The number of halogens is 5. The maximum Gasteiger partial charge on any atom is 0.402 e. The van der Waals surface area contributed by atoms with E-state index in [1.807, 2.05) is 0 Å². The maximum absolute atomic E-state index is 13.3. The van der Waals surface area contributed by atoms with Crippen LogP contribution in [0.1, 0.15) is 5.56 Å². The van der Waals surface area contributed by atoms with E-state index in [-0.39, 0.29) is 5.56 Å². The molecule has 0 atom stereocenters. The molecule has 0 aromatic heterocycles. The van der Waals surface area contributed by atoms with Gasteiger partial charge >= 0.3 is 6.18 Å². The third-order valence-corrected chi connectivity index (χ3v) is 3.39. The standard InChI is InChI=1S/C9H8F5NO3S/c10-6-1-5(3-16)2-7(8(6)11)19(17,18)15-4-9(12,13)14/h1-2,15-16H,3-4H2. The van der Waals surface area contributed by atoms with Crippen LogP contribution in [0.4, 0.5) is 22.0 Å². The number of aliphatic hydroxyl groups excluding tert-OH is 1. The minimum Gasteiger partial charge on any atom is -0.392 e. The van der Waals surface area contributed by atoms with E-state index < -0.39 is 45.9 Å². The highest BCUT2D eigenvalue weighted by Crippen LogP contribution is 2.21. The fourth-order valence-electron chi connectivity index (χ4n) is 1.16. The first-order valence-corrected chi connectivity index (χ1v) is 6.20. The van der Waals surface area contributed by atoms with Crippen molar-refractivity contribution in [1.29, 1.82) is 0 Å². The molecular formula is C9H8F5NO3S. The van der Waals surface area contributed by atoms with Crippen LogP contribution in [0.25, 0.3) is 0 Å². The number of alkyl halides is 3. The second kappa shape index (κ2) is 5.39. The lowest BCUT2D eigenvalue weighted by molar-refractivity contribution is -0.121. The molecule has 0 spiro atoms. The zero-order valence-corrected chi connectivity index (χ0v) is 9.95. The van der Waals surface area contributed by atoms with Gasteiger partial charge in [-0.25, -0.2) is 21.9 Å². The molecule has 0 amide bonds. The quantitative estimate of drug-likeness (QED) is 0.824. The molecule has 4 nitrogen and oxygen atoms in total. The van der Waals surface area contributed by atoms with Crippen molar-refractivity contribution < 1.29 is 35.5 Å². The largest absolute Gasteiger partial charge is 0.402 e. The van der Waals surface area contributed by atoms with Crippen LogP contribution in [-0.2, 0) is 16.6 Å². The lowest BCUT2D eigenvalue weighted by Gasteiger charge is -2.11. The Balaban J connectivity index is 3.17.